The molecule has 0 aliphatic heterocycles. The van der Waals surface area contributed by atoms with Gasteiger partial charge in [-0.2, -0.15) is 0 Å². The topological polar surface area (TPSA) is 50.7 Å². The highest BCUT2D eigenvalue weighted by Gasteiger charge is 2.39. The molecule has 2 atom stereocenters. The third-order valence-corrected chi connectivity index (χ3v) is 11.7. The Morgan fingerprint density at radius 2 is 1.83 bits per heavy atom. The molecule has 0 unspecified atom stereocenters. The summed E-state index contributed by atoms with van der Waals surface area (Å²) >= 11 is 0. The van der Waals surface area contributed by atoms with E-state index in [2.05, 4.69) is 76.8 Å². The Hall–Kier alpha value is -2.18. The van der Waals surface area contributed by atoms with Gasteiger partial charge in [0.1, 0.15) is 12.4 Å². The van der Waals surface area contributed by atoms with Crippen LogP contribution in [0.15, 0.2) is 72.3 Å². The smallest absolute Gasteiger partial charge is 0.192 e. The number of rotatable bonds is 12. The number of hydrogen-bond donors (Lipinski definition) is 2. The summed E-state index contributed by atoms with van der Waals surface area (Å²) in [5.41, 5.74) is 4.31. The molecule has 4 nitrogen and oxygen atoms in total. The van der Waals surface area contributed by atoms with Crippen molar-refractivity contribution in [3.63, 3.8) is 0 Å². The lowest BCUT2D eigenvalue weighted by atomic mass is 10.0. The van der Waals surface area contributed by atoms with Crippen molar-refractivity contribution in [2.75, 3.05) is 6.54 Å². The minimum atomic E-state index is -2.03. The number of ether oxygens (including phenoxy) is 1. The van der Waals surface area contributed by atoms with Crippen LogP contribution in [0.4, 0.5) is 0 Å². The van der Waals surface area contributed by atoms with Gasteiger partial charge < -0.3 is 19.6 Å². The molecule has 1 aliphatic carbocycles. The van der Waals surface area contributed by atoms with Crippen LogP contribution < -0.4 is 10.1 Å². The van der Waals surface area contributed by atoms with Gasteiger partial charge in [-0.15, -0.1) is 0 Å². The first kappa shape index (κ1) is 28.4. The maximum atomic E-state index is 10.1. The van der Waals surface area contributed by atoms with Crippen molar-refractivity contribution in [1.29, 1.82) is 0 Å². The van der Waals surface area contributed by atoms with Crippen LogP contribution in [0, 0.1) is 6.42 Å². The SMILES string of the molecule is C[C@H](CC1=C[CH]CC=C1)NC[C@H](O[Si](C)(C)C(C)(C)C)c1ccc(OCc2ccccc2)c(CO)c1. The monoisotopic (exact) mass is 506 g/mol. The van der Waals surface area contributed by atoms with Gasteiger partial charge in [0, 0.05) is 18.2 Å². The molecule has 36 heavy (non-hydrogen) atoms. The maximum absolute atomic E-state index is 10.1. The number of aliphatic hydroxyl groups is 1. The second-order valence-corrected chi connectivity index (χ2v) is 16.1. The van der Waals surface area contributed by atoms with E-state index in [1.165, 1.54) is 5.57 Å². The Balaban J connectivity index is 1.76. The molecule has 0 aromatic heterocycles. The zero-order valence-corrected chi connectivity index (χ0v) is 23.9. The van der Waals surface area contributed by atoms with E-state index in [-0.39, 0.29) is 17.7 Å². The summed E-state index contributed by atoms with van der Waals surface area (Å²) in [6.07, 6.45) is 10.8. The third kappa shape index (κ3) is 8.17. The molecule has 0 heterocycles. The zero-order valence-electron chi connectivity index (χ0n) is 22.9. The fourth-order valence-electron chi connectivity index (χ4n) is 4.00. The lowest BCUT2D eigenvalue weighted by Crippen LogP contribution is -2.44. The average Bonchev–Trinajstić information content (AvgIpc) is 2.85. The molecule has 0 bridgehead atoms. The lowest BCUT2D eigenvalue weighted by Gasteiger charge is -2.40. The van der Waals surface area contributed by atoms with E-state index in [1.807, 2.05) is 42.5 Å². The third-order valence-electron chi connectivity index (χ3n) is 7.24. The van der Waals surface area contributed by atoms with E-state index in [0.717, 1.165) is 29.5 Å². The van der Waals surface area contributed by atoms with Gasteiger partial charge in [-0.1, -0.05) is 81.0 Å². The van der Waals surface area contributed by atoms with Crippen molar-refractivity contribution >= 4 is 8.32 Å². The molecular weight excluding hydrogens is 462 g/mol. The number of hydrogen-bond acceptors (Lipinski definition) is 4. The summed E-state index contributed by atoms with van der Waals surface area (Å²) in [5.74, 6) is 0.713. The van der Waals surface area contributed by atoms with E-state index in [0.29, 0.717) is 24.9 Å². The molecule has 0 saturated heterocycles. The largest absolute Gasteiger partial charge is 0.489 e. The van der Waals surface area contributed by atoms with Crippen LogP contribution in [-0.4, -0.2) is 26.0 Å². The van der Waals surface area contributed by atoms with Crippen LogP contribution in [0.25, 0.3) is 0 Å². The van der Waals surface area contributed by atoms with Crippen molar-refractivity contribution in [3.05, 3.63) is 95.4 Å². The molecule has 0 spiro atoms. The highest BCUT2D eigenvalue weighted by Crippen LogP contribution is 2.40. The van der Waals surface area contributed by atoms with Crippen molar-refractivity contribution in [1.82, 2.24) is 5.32 Å². The minimum absolute atomic E-state index is 0.0778. The first-order chi connectivity index (χ1) is 17.1. The number of aliphatic hydroxyl groups excluding tert-OH is 1. The van der Waals surface area contributed by atoms with Crippen molar-refractivity contribution in [2.24, 2.45) is 0 Å². The molecule has 2 aromatic carbocycles. The average molecular weight is 507 g/mol. The summed E-state index contributed by atoms with van der Waals surface area (Å²) in [7, 11) is -2.03. The van der Waals surface area contributed by atoms with Gasteiger partial charge in [0.15, 0.2) is 8.32 Å². The van der Waals surface area contributed by atoms with Crippen LogP contribution >= 0.6 is 0 Å². The molecule has 1 aliphatic rings. The summed E-state index contributed by atoms with van der Waals surface area (Å²) in [5, 5.41) is 14.0. The maximum Gasteiger partial charge on any atom is 0.192 e. The van der Waals surface area contributed by atoms with Gasteiger partial charge in [-0.3, -0.25) is 0 Å². The molecule has 2 N–H and O–H groups in total. The zero-order chi connectivity index (χ0) is 26.2. The lowest BCUT2D eigenvalue weighted by molar-refractivity contribution is 0.175. The predicted molar refractivity (Wildman–Crippen MR) is 152 cm³/mol. The quantitative estimate of drug-likeness (QED) is 0.297. The van der Waals surface area contributed by atoms with E-state index < -0.39 is 8.32 Å². The minimum Gasteiger partial charge on any atom is -0.489 e. The second-order valence-electron chi connectivity index (χ2n) is 11.3. The molecule has 2 aromatic rings. The van der Waals surface area contributed by atoms with Crippen LogP contribution in [0.3, 0.4) is 0 Å². The van der Waals surface area contributed by atoms with Gasteiger partial charge in [-0.05, 0) is 67.6 Å². The van der Waals surface area contributed by atoms with E-state index in [4.69, 9.17) is 9.16 Å². The summed E-state index contributed by atoms with van der Waals surface area (Å²) in [6, 6.07) is 16.5. The molecule has 0 saturated carbocycles. The Kier molecular flexibility index (Phi) is 10.1. The summed E-state index contributed by atoms with van der Waals surface area (Å²) in [6.45, 7) is 14.7. The first-order valence-electron chi connectivity index (χ1n) is 13.1. The van der Waals surface area contributed by atoms with Crippen LogP contribution in [0.2, 0.25) is 18.1 Å². The summed E-state index contributed by atoms with van der Waals surface area (Å²) < 4.78 is 13.0. The van der Waals surface area contributed by atoms with E-state index in [9.17, 15) is 5.11 Å². The van der Waals surface area contributed by atoms with Crippen LogP contribution in [-0.2, 0) is 17.6 Å². The normalized spacial score (nSPS) is 15.9. The Bertz CT molecular complexity index is 1020. The highest BCUT2D eigenvalue weighted by molar-refractivity contribution is 6.74. The van der Waals surface area contributed by atoms with Gasteiger partial charge >= 0.3 is 0 Å². The molecule has 0 amide bonds. The Morgan fingerprint density at radius 1 is 1.08 bits per heavy atom. The molecule has 195 valence electrons. The van der Waals surface area contributed by atoms with Crippen LogP contribution in [0.1, 0.15) is 63.3 Å². The van der Waals surface area contributed by atoms with E-state index in [1.54, 1.807) is 0 Å². The number of benzene rings is 2. The van der Waals surface area contributed by atoms with Gasteiger partial charge in [0.2, 0.25) is 0 Å². The first-order valence-corrected chi connectivity index (χ1v) is 16.0. The molecule has 3 rings (SSSR count). The summed E-state index contributed by atoms with van der Waals surface area (Å²) in [4.78, 5) is 0. The fourth-order valence-corrected chi connectivity index (χ4v) is 5.29. The van der Waals surface area contributed by atoms with Crippen LogP contribution in [0.5, 0.6) is 5.75 Å². The van der Waals surface area contributed by atoms with Gasteiger partial charge in [0.05, 0.1) is 12.7 Å². The van der Waals surface area contributed by atoms with Crippen molar-refractivity contribution < 1.29 is 14.3 Å². The van der Waals surface area contributed by atoms with Crippen molar-refractivity contribution in [2.45, 2.75) is 84.0 Å². The van der Waals surface area contributed by atoms with Crippen molar-refractivity contribution in [3.8, 4) is 5.75 Å². The Labute approximate surface area is 219 Å². The standard InChI is InChI=1S/C31H44NO3Si/c1-24(19-25-13-9-7-10-14-25)32-21-30(35-36(5,6)31(2,3)4)27-17-18-29(28(20-27)22-33)34-23-26-15-11-8-12-16-26/h8-18,20,24,30,32-33H,7,19,21-23H2,1-6H3/t24-,30+/m1/s1. The molecular formula is C31H44NO3Si. The molecule has 1 radical (unpaired) electrons. The fraction of sp³-hybridized carbons (Fsp3) is 0.452. The highest BCUT2D eigenvalue weighted by atomic mass is 28.4. The number of nitrogens with one attached hydrogen (secondary N) is 1. The number of allylic oxidation sites excluding steroid dienone is 3. The van der Waals surface area contributed by atoms with Gasteiger partial charge in [-0.25, -0.2) is 0 Å². The van der Waals surface area contributed by atoms with Gasteiger partial charge in [0.25, 0.3) is 0 Å². The van der Waals surface area contributed by atoms with E-state index >= 15 is 0 Å². The predicted octanol–water partition coefficient (Wildman–Crippen LogP) is 7.28. The molecule has 0 fully saturated rings. The second kappa shape index (κ2) is 12.9. The molecule has 5 heteroatoms. The Morgan fingerprint density at radius 3 is 2.47 bits per heavy atom.